The molecular weight excluding hydrogens is 187 g/mol. The van der Waals surface area contributed by atoms with E-state index in [1.54, 1.807) is 0 Å². The van der Waals surface area contributed by atoms with Crippen LogP contribution < -0.4 is 0 Å². The molecule has 0 amide bonds. The number of hydrogen-bond donors (Lipinski definition) is 1. The highest BCUT2D eigenvalue weighted by Crippen LogP contribution is 2.57. The van der Waals surface area contributed by atoms with Crippen LogP contribution in [0.4, 0.5) is 0 Å². The van der Waals surface area contributed by atoms with E-state index in [1.165, 1.54) is 0 Å². The van der Waals surface area contributed by atoms with Crippen LogP contribution in [-0.4, -0.2) is 21.8 Å². The molecule has 62 valence electrons. The quantitative estimate of drug-likeness (QED) is 0.644. The fourth-order valence-corrected chi connectivity index (χ4v) is 3.12. The Morgan fingerprint density at radius 1 is 1.27 bits per heavy atom. The third-order valence-electron chi connectivity index (χ3n) is 2.87. The van der Waals surface area contributed by atoms with Crippen LogP contribution in [0.5, 0.6) is 0 Å². The maximum absolute atomic E-state index is 10.6. The minimum Gasteiger partial charge on any atom is -0.481 e. The number of alkyl halides is 2. The van der Waals surface area contributed by atoms with Crippen molar-refractivity contribution in [2.24, 2.45) is 17.8 Å². The lowest BCUT2D eigenvalue weighted by atomic mass is 9.72. The van der Waals surface area contributed by atoms with Gasteiger partial charge in [-0.3, -0.25) is 4.79 Å². The van der Waals surface area contributed by atoms with Gasteiger partial charge in [0.05, 0.1) is 16.7 Å². The Labute approximate surface area is 74.5 Å². The maximum atomic E-state index is 10.6. The number of rotatable bonds is 1. The monoisotopic (exact) mass is 194 g/mol. The molecule has 0 aromatic rings. The molecule has 0 spiro atoms. The summed E-state index contributed by atoms with van der Waals surface area (Å²) in [4.78, 5) is 10.6. The molecule has 0 heterocycles. The van der Waals surface area contributed by atoms with Crippen molar-refractivity contribution >= 4 is 29.2 Å². The molecule has 0 saturated heterocycles. The van der Waals surface area contributed by atoms with E-state index in [0.29, 0.717) is 0 Å². The van der Waals surface area contributed by atoms with Crippen LogP contribution in [-0.2, 0) is 4.79 Å². The van der Waals surface area contributed by atoms with Crippen molar-refractivity contribution < 1.29 is 9.90 Å². The lowest BCUT2D eigenvalue weighted by molar-refractivity contribution is -0.148. The van der Waals surface area contributed by atoms with E-state index in [-0.39, 0.29) is 28.5 Å². The molecule has 0 aromatic heterocycles. The summed E-state index contributed by atoms with van der Waals surface area (Å²) in [5.74, 6) is -0.747. The van der Waals surface area contributed by atoms with Gasteiger partial charge in [0, 0.05) is 0 Å². The number of halogens is 2. The van der Waals surface area contributed by atoms with Gasteiger partial charge in [0.15, 0.2) is 0 Å². The highest BCUT2D eigenvalue weighted by atomic mass is 35.5. The second-order valence-electron chi connectivity index (χ2n) is 3.32. The summed E-state index contributed by atoms with van der Waals surface area (Å²) < 4.78 is 0. The molecule has 3 fully saturated rings. The minimum absolute atomic E-state index is 0.122. The summed E-state index contributed by atoms with van der Waals surface area (Å²) >= 11 is 11.8. The maximum Gasteiger partial charge on any atom is 0.307 e. The lowest BCUT2D eigenvalue weighted by Gasteiger charge is -2.32. The van der Waals surface area contributed by atoms with Crippen LogP contribution in [0.25, 0.3) is 0 Å². The Hall–Kier alpha value is 0.0500. The molecule has 4 heteroatoms. The molecule has 3 rings (SSSR count). The third kappa shape index (κ3) is 0.828. The number of fused-ring (bicyclic) bond motifs is 1. The van der Waals surface area contributed by atoms with Crippen LogP contribution in [0.3, 0.4) is 0 Å². The molecule has 0 aromatic carbocycles. The number of hydrogen-bond acceptors (Lipinski definition) is 1. The van der Waals surface area contributed by atoms with Gasteiger partial charge in [0.2, 0.25) is 0 Å². The van der Waals surface area contributed by atoms with E-state index < -0.39 is 5.97 Å². The lowest BCUT2D eigenvalue weighted by Crippen LogP contribution is -2.37. The van der Waals surface area contributed by atoms with Gasteiger partial charge in [-0.15, -0.1) is 23.2 Å². The van der Waals surface area contributed by atoms with Gasteiger partial charge in [-0.05, 0) is 18.3 Å². The first-order valence-corrected chi connectivity index (χ1v) is 4.51. The third-order valence-corrected chi connectivity index (χ3v) is 4.19. The first kappa shape index (κ1) is 7.69. The molecule has 2 bridgehead atoms. The van der Waals surface area contributed by atoms with Crippen LogP contribution in [0.2, 0.25) is 0 Å². The normalized spacial score (nSPS) is 53.8. The Morgan fingerprint density at radius 3 is 1.91 bits per heavy atom. The zero-order valence-electron chi connectivity index (χ0n) is 5.71. The van der Waals surface area contributed by atoms with Gasteiger partial charge in [0.25, 0.3) is 0 Å². The largest absolute Gasteiger partial charge is 0.481 e. The Bertz CT molecular complexity index is 193. The van der Waals surface area contributed by atoms with Gasteiger partial charge >= 0.3 is 5.97 Å². The van der Waals surface area contributed by atoms with Crippen molar-refractivity contribution in [1.29, 1.82) is 0 Å². The van der Waals surface area contributed by atoms with Crippen molar-refractivity contribution in [3.8, 4) is 0 Å². The predicted octanol–water partition coefficient (Wildman–Crippen LogP) is 1.55. The van der Waals surface area contributed by atoms with Crippen molar-refractivity contribution in [3.63, 3.8) is 0 Å². The summed E-state index contributed by atoms with van der Waals surface area (Å²) in [6.45, 7) is 0. The number of carbonyl (C=O) groups is 1. The molecule has 5 atom stereocenters. The summed E-state index contributed by atoms with van der Waals surface area (Å²) in [5.41, 5.74) is 0. The first-order chi connectivity index (χ1) is 5.13. The molecule has 1 N–H and O–H groups in total. The van der Waals surface area contributed by atoms with Crippen molar-refractivity contribution in [2.45, 2.75) is 17.2 Å². The summed E-state index contributed by atoms with van der Waals surface area (Å²) in [5, 5.41) is 8.49. The summed E-state index contributed by atoms with van der Waals surface area (Å²) in [6.07, 6.45) is 0.902. The van der Waals surface area contributed by atoms with Gasteiger partial charge in [-0.2, -0.15) is 0 Å². The van der Waals surface area contributed by atoms with Crippen molar-refractivity contribution in [3.05, 3.63) is 0 Å². The Balaban J connectivity index is 2.17. The second kappa shape index (κ2) is 2.27. The second-order valence-corrected chi connectivity index (χ2v) is 4.32. The highest BCUT2D eigenvalue weighted by molar-refractivity contribution is 6.31. The van der Waals surface area contributed by atoms with E-state index in [4.69, 9.17) is 28.3 Å². The predicted molar refractivity (Wildman–Crippen MR) is 42.0 cm³/mol. The molecule has 0 aliphatic heterocycles. The SMILES string of the molecule is O=C(O)C1[C@H]2C[C@@H]1[C@@H](Cl)[C@H]2Cl. The molecule has 3 aliphatic carbocycles. The number of carboxylic acid groups (broad SMARTS) is 1. The topological polar surface area (TPSA) is 37.3 Å². The van der Waals surface area contributed by atoms with E-state index in [0.717, 1.165) is 6.42 Å². The molecule has 2 nitrogen and oxygen atoms in total. The van der Waals surface area contributed by atoms with Crippen LogP contribution in [0.1, 0.15) is 6.42 Å². The molecular formula is C7H8Cl2O2. The standard InChI is InChI=1S/C7H8Cl2O2/c8-5-2-1-3(6(5)9)4(2)7(10)11/h2-6H,1H2,(H,10,11)/t2-,3+,4?,5+,6-. The molecule has 1 unspecified atom stereocenters. The summed E-state index contributed by atoms with van der Waals surface area (Å²) in [7, 11) is 0. The van der Waals surface area contributed by atoms with Crippen LogP contribution >= 0.6 is 23.2 Å². The zero-order valence-corrected chi connectivity index (χ0v) is 7.22. The first-order valence-electron chi connectivity index (χ1n) is 3.64. The highest BCUT2D eigenvalue weighted by Gasteiger charge is 2.61. The minimum atomic E-state index is -0.736. The van der Waals surface area contributed by atoms with E-state index in [9.17, 15) is 4.79 Å². The molecule has 3 aliphatic rings. The molecule has 0 radical (unpaired) electrons. The van der Waals surface area contributed by atoms with Gasteiger partial charge in [0.1, 0.15) is 0 Å². The van der Waals surface area contributed by atoms with E-state index in [2.05, 4.69) is 0 Å². The fourth-order valence-electron chi connectivity index (χ4n) is 2.22. The van der Waals surface area contributed by atoms with Crippen LogP contribution in [0, 0.1) is 17.8 Å². The van der Waals surface area contributed by atoms with Gasteiger partial charge in [-0.1, -0.05) is 0 Å². The van der Waals surface area contributed by atoms with E-state index in [1.807, 2.05) is 0 Å². The van der Waals surface area contributed by atoms with Crippen LogP contribution in [0.15, 0.2) is 0 Å². The van der Waals surface area contributed by atoms with Crippen molar-refractivity contribution in [2.75, 3.05) is 0 Å². The number of carboxylic acids is 1. The zero-order chi connectivity index (χ0) is 8.17. The summed E-state index contributed by atoms with van der Waals surface area (Å²) in [6, 6.07) is 0. The molecule has 3 saturated carbocycles. The van der Waals surface area contributed by atoms with E-state index >= 15 is 0 Å². The molecule has 11 heavy (non-hydrogen) atoms. The fraction of sp³-hybridized carbons (Fsp3) is 0.857. The van der Waals surface area contributed by atoms with Crippen molar-refractivity contribution in [1.82, 2.24) is 0 Å². The average Bonchev–Trinajstić information content (AvgIpc) is 2.17. The van der Waals surface area contributed by atoms with Gasteiger partial charge in [-0.25, -0.2) is 0 Å². The smallest absolute Gasteiger partial charge is 0.307 e. The average molecular weight is 195 g/mol. The Morgan fingerprint density at radius 2 is 1.73 bits per heavy atom. The Kier molecular flexibility index (Phi) is 1.58. The van der Waals surface area contributed by atoms with Gasteiger partial charge < -0.3 is 5.11 Å². The number of aliphatic carboxylic acids is 1.